The van der Waals surface area contributed by atoms with Gasteiger partial charge in [-0.1, -0.05) is 0 Å². The first kappa shape index (κ1) is 12.5. The Morgan fingerprint density at radius 1 is 1.53 bits per heavy atom. The molecule has 1 aliphatic heterocycles. The van der Waals surface area contributed by atoms with E-state index in [2.05, 4.69) is 40.8 Å². The van der Waals surface area contributed by atoms with E-state index in [-0.39, 0.29) is 0 Å². The predicted molar refractivity (Wildman–Crippen MR) is 68.9 cm³/mol. The van der Waals surface area contributed by atoms with Crippen LogP contribution in [0.4, 0.5) is 0 Å². The second-order valence-electron chi connectivity index (χ2n) is 4.91. The number of hydrogen-bond donors (Lipinski definition) is 2. The maximum atomic E-state index is 4.25. The monoisotopic (exact) mass is 237 g/mol. The minimum Gasteiger partial charge on any atom is -0.305 e. The number of hydrogen-bond acceptors (Lipinski definition) is 4. The Bertz CT molecular complexity index is 335. The molecule has 1 fully saturated rings. The van der Waals surface area contributed by atoms with Crippen molar-refractivity contribution in [1.82, 2.24) is 25.3 Å². The molecule has 0 radical (unpaired) electrons. The van der Waals surface area contributed by atoms with Gasteiger partial charge < -0.3 is 15.5 Å². The fourth-order valence-corrected chi connectivity index (χ4v) is 2.19. The highest BCUT2D eigenvalue weighted by Crippen LogP contribution is 2.04. The number of rotatable bonds is 6. The van der Waals surface area contributed by atoms with E-state index in [1.807, 2.05) is 10.9 Å². The molecular formula is C12H23N5. The van der Waals surface area contributed by atoms with Crippen LogP contribution < -0.4 is 10.6 Å². The summed E-state index contributed by atoms with van der Waals surface area (Å²) in [5.41, 5.74) is 1.22. The van der Waals surface area contributed by atoms with Crippen molar-refractivity contribution >= 4 is 0 Å². The quantitative estimate of drug-likeness (QED) is 0.541. The van der Waals surface area contributed by atoms with E-state index in [0.29, 0.717) is 6.04 Å². The van der Waals surface area contributed by atoms with E-state index in [9.17, 15) is 0 Å². The Kier molecular flexibility index (Phi) is 4.53. The number of nitrogens with zero attached hydrogens (tertiary/aromatic N) is 3. The molecular weight excluding hydrogens is 214 g/mol. The summed E-state index contributed by atoms with van der Waals surface area (Å²) in [6, 6.07) is 0.652. The molecule has 1 aromatic heterocycles. The van der Waals surface area contributed by atoms with Crippen molar-refractivity contribution < 1.29 is 0 Å². The average Bonchev–Trinajstić information content (AvgIpc) is 2.88. The minimum atomic E-state index is 0.652. The van der Waals surface area contributed by atoms with Gasteiger partial charge in [-0.15, -0.1) is 0 Å². The molecule has 0 aliphatic carbocycles. The van der Waals surface area contributed by atoms with Gasteiger partial charge in [0.2, 0.25) is 0 Å². The van der Waals surface area contributed by atoms with E-state index in [1.165, 1.54) is 25.1 Å². The molecule has 1 aliphatic rings. The van der Waals surface area contributed by atoms with Gasteiger partial charge in [0.25, 0.3) is 0 Å². The molecule has 5 heteroatoms. The highest BCUT2D eigenvalue weighted by atomic mass is 15.3. The highest BCUT2D eigenvalue weighted by Gasteiger charge is 2.17. The van der Waals surface area contributed by atoms with Crippen LogP contribution in [0.1, 0.15) is 12.0 Å². The van der Waals surface area contributed by atoms with Gasteiger partial charge in [-0.3, -0.25) is 4.68 Å². The Balaban J connectivity index is 1.52. The van der Waals surface area contributed by atoms with Gasteiger partial charge in [-0.2, -0.15) is 5.10 Å². The smallest absolute Gasteiger partial charge is 0.0534 e. The molecule has 5 nitrogen and oxygen atoms in total. The van der Waals surface area contributed by atoms with Gasteiger partial charge in [0.1, 0.15) is 0 Å². The lowest BCUT2D eigenvalue weighted by molar-refractivity contribution is 0.392. The van der Waals surface area contributed by atoms with Gasteiger partial charge in [-0.25, -0.2) is 0 Å². The third kappa shape index (κ3) is 4.11. The molecule has 1 unspecified atom stereocenters. The summed E-state index contributed by atoms with van der Waals surface area (Å²) in [6.07, 6.45) is 5.23. The first-order valence-corrected chi connectivity index (χ1v) is 6.36. The Morgan fingerprint density at radius 3 is 3.06 bits per heavy atom. The van der Waals surface area contributed by atoms with E-state index in [0.717, 1.165) is 19.8 Å². The number of likely N-dealkylation sites (N-methyl/N-ethyl adjacent to an activating group) is 1. The van der Waals surface area contributed by atoms with Crippen LogP contribution in [0.25, 0.3) is 0 Å². The maximum absolute atomic E-state index is 4.25. The number of aromatic nitrogens is 2. The fraction of sp³-hybridized carbons (Fsp3) is 0.750. The van der Waals surface area contributed by atoms with Crippen molar-refractivity contribution in [3.05, 3.63) is 18.0 Å². The van der Waals surface area contributed by atoms with Crippen LogP contribution in [-0.2, 0) is 6.54 Å². The normalized spacial score (nSPS) is 21.2. The summed E-state index contributed by atoms with van der Waals surface area (Å²) in [4.78, 5) is 2.37. The van der Waals surface area contributed by atoms with Gasteiger partial charge in [0.15, 0.2) is 0 Å². The second kappa shape index (κ2) is 6.14. The van der Waals surface area contributed by atoms with E-state index in [1.54, 1.807) is 0 Å². The van der Waals surface area contributed by atoms with Crippen LogP contribution in [0.3, 0.4) is 0 Å². The molecule has 2 heterocycles. The molecule has 2 rings (SSSR count). The van der Waals surface area contributed by atoms with Crippen molar-refractivity contribution in [2.24, 2.45) is 0 Å². The van der Waals surface area contributed by atoms with Crippen LogP contribution in [-0.4, -0.2) is 54.1 Å². The van der Waals surface area contributed by atoms with Crippen LogP contribution in [0.15, 0.2) is 12.4 Å². The van der Waals surface area contributed by atoms with Crippen molar-refractivity contribution in [2.45, 2.75) is 25.9 Å². The van der Waals surface area contributed by atoms with Crippen molar-refractivity contribution in [2.75, 3.05) is 33.4 Å². The summed E-state index contributed by atoms with van der Waals surface area (Å²) in [6.45, 7) is 7.22. The second-order valence-corrected chi connectivity index (χ2v) is 4.91. The van der Waals surface area contributed by atoms with Crippen LogP contribution in [0.2, 0.25) is 0 Å². The Morgan fingerprint density at radius 2 is 2.41 bits per heavy atom. The van der Waals surface area contributed by atoms with E-state index in [4.69, 9.17) is 0 Å². The summed E-state index contributed by atoms with van der Waals surface area (Å²) in [5, 5.41) is 11.2. The fourth-order valence-electron chi connectivity index (χ4n) is 2.19. The van der Waals surface area contributed by atoms with Gasteiger partial charge in [-0.05, 0) is 32.5 Å². The molecule has 1 atom stereocenters. The maximum Gasteiger partial charge on any atom is 0.0534 e. The molecule has 0 saturated carbocycles. The molecule has 0 spiro atoms. The van der Waals surface area contributed by atoms with Gasteiger partial charge in [0, 0.05) is 32.0 Å². The zero-order valence-corrected chi connectivity index (χ0v) is 10.8. The first-order valence-electron chi connectivity index (χ1n) is 6.36. The SMILES string of the molecule is Cc1cnn(CCNCNC2CCN(C)C2)c1. The average molecular weight is 237 g/mol. The minimum absolute atomic E-state index is 0.652. The molecule has 1 aromatic rings. The summed E-state index contributed by atoms with van der Waals surface area (Å²) < 4.78 is 1.98. The first-order chi connectivity index (χ1) is 8.24. The third-order valence-corrected chi connectivity index (χ3v) is 3.19. The molecule has 17 heavy (non-hydrogen) atoms. The molecule has 96 valence electrons. The van der Waals surface area contributed by atoms with E-state index >= 15 is 0 Å². The summed E-state index contributed by atoms with van der Waals surface area (Å²) in [7, 11) is 2.18. The van der Waals surface area contributed by atoms with Crippen LogP contribution >= 0.6 is 0 Å². The van der Waals surface area contributed by atoms with Gasteiger partial charge >= 0.3 is 0 Å². The lowest BCUT2D eigenvalue weighted by Crippen LogP contribution is -2.39. The number of nitrogens with one attached hydrogen (secondary N) is 2. The lowest BCUT2D eigenvalue weighted by Gasteiger charge is -2.13. The van der Waals surface area contributed by atoms with Crippen molar-refractivity contribution in [3.63, 3.8) is 0 Å². The summed E-state index contributed by atoms with van der Waals surface area (Å²) in [5.74, 6) is 0. The topological polar surface area (TPSA) is 45.1 Å². The predicted octanol–water partition coefficient (Wildman–Crippen LogP) is 0.0323. The zero-order chi connectivity index (χ0) is 12.1. The highest BCUT2D eigenvalue weighted by molar-refractivity contribution is 4.99. The third-order valence-electron chi connectivity index (χ3n) is 3.19. The molecule has 0 amide bonds. The molecule has 1 saturated heterocycles. The standard InChI is InChI=1S/C12H23N5/c1-11-7-15-17(8-11)6-4-13-10-14-12-3-5-16(2)9-12/h7-8,12-14H,3-6,9-10H2,1-2H3. The number of likely N-dealkylation sites (tertiary alicyclic amines) is 1. The van der Waals surface area contributed by atoms with Crippen molar-refractivity contribution in [3.8, 4) is 0 Å². The molecule has 0 aromatic carbocycles. The summed E-state index contributed by atoms with van der Waals surface area (Å²) >= 11 is 0. The Labute approximate surface area is 103 Å². The van der Waals surface area contributed by atoms with Crippen LogP contribution in [0, 0.1) is 6.92 Å². The Hall–Kier alpha value is -0.910. The van der Waals surface area contributed by atoms with Crippen LogP contribution in [0.5, 0.6) is 0 Å². The van der Waals surface area contributed by atoms with Crippen molar-refractivity contribution in [1.29, 1.82) is 0 Å². The molecule has 0 bridgehead atoms. The largest absolute Gasteiger partial charge is 0.305 e. The molecule has 2 N–H and O–H groups in total. The zero-order valence-electron chi connectivity index (χ0n) is 10.8. The van der Waals surface area contributed by atoms with E-state index < -0.39 is 0 Å². The lowest BCUT2D eigenvalue weighted by atomic mass is 10.3. The number of aryl methyl sites for hydroxylation is 1. The van der Waals surface area contributed by atoms with Gasteiger partial charge in [0.05, 0.1) is 12.7 Å².